The molecule has 0 spiro atoms. The summed E-state index contributed by atoms with van der Waals surface area (Å²) in [6.07, 6.45) is 2.05. The topological polar surface area (TPSA) is 66.5 Å². The zero-order valence-electron chi connectivity index (χ0n) is 13.8. The summed E-state index contributed by atoms with van der Waals surface area (Å²) in [6, 6.07) is 1.84. The molecule has 21 heavy (non-hydrogen) atoms. The van der Waals surface area contributed by atoms with E-state index in [0.717, 1.165) is 5.69 Å². The first kappa shape index (κ1) is 17.2. The van der Waals surface area contributed by atoms with Gasteiger partial charge in [-0.3, -0.25) is 4.79 Å². The number of anilines is 2. The summed E-state index contributed by atoms with van der Waals surface area (Å²) in [4.78, 5) is 18.1. The third-order valence-corrected chi connectivity index (χ3v) is 2.84. The van der Waals surface area contributed by atoms with Gasteiger partial charge in [0.2, 0.25) is 11.8 Å². The molecular formula is C15H26N4O2. The highest BCUT2D eigenvalue weighted by Gasteiger charge is 2.15. The molecule has 0 saturated carbocycles. The molecule has 0 aromatic carbocycles. The number of carbonyl (C=O) groups is 1. The van der Waals surface area contributed by atoms with Gasteiger partial charge in [0, 0.05) is 38.8 Å². The van der Waals surface area contributed by atoms with Gasteiger partial charge in [0.05, 0.1) is 12.8 Å². The highest BCUT2D eigenvalue weighted by Crippen LogP contribution is 2.31. The molecular weight excluding hydrogens is 268 g/mol. The molecule has 2 N–H and O–H groups in total. The first-order valence-corrected chi connectivity index (χ1v) is 7.00. The number of carbonyl (C=O) groups excluding carboxylic acids is 1. The number of hydrogen-bond donors (Lipinski definition) is 2. The number of nitrogens with zero attached hydrogens (tertiary/aromatic N) is 2. The van der Waals surface area contributed by atoms with Crippen molar-refractivity contribution in [3.8, 4) is 5.88 Å². The molecule has 0 saturated heterocycles. The standard InChI is InChI=1S/C15H26N4O2/c1-15(2,3)17-10-8-12(20)18-13-11(19(4)5)7-9-16-14(13)21-6/h7,9,17H,8,10H2,1-6H3,(H,18,20). The number of methoxy groups -OCH3 is 1. The molecule has 0 radical (unpaired) electrons. The van der Waals surface area contributed by atoms with Crippen LogP contribution in [0.15, 0.2) is 12.3 Å². The maximum Gasteiger partial charge on any atom is 0.239 e. The van der Waals surface area contributed by atoms with Gasteiger partial charge in [-0.15, -0.1) is 0 Å². The number of amides is 1. The van der Waals surface area contributed by atoms with Crippen LogP contribution in [-0.4, -0.2) is 44.2 Å². The molecule has 0 bridgehead atoms. The minimum Gasteiger partial charge on any atom is -0.479 e. The molecule has 1 aromatic rings. The number of rotatable bonds is 6. The SMILES string of the molecule is COc1nccc(N(C)C)c1NC(=O)CCNC(C)(C)C. The minimum atomic E-state index is -0.0684. The van der Waals surface area contributed by atoms with E-state index in [1.807, 2.05) is 25.1 Å². The van der Waals surface area contributed by atoms with Crippen molar-refractivity contribution in [3.63, 3.8) is 0 Å². The van der Waals surface area contributed by atoms with Gasteiger partial charge in [-0.1, -0.05) is 0 Å². The van der Waals surface area contributed by atoms with Crippen LogP contribution in [0.25, 0.3) is 0 Å². The quantitative estimate of drug-likeness (QED) is 0.838. The predicted octanol–water partition coefficient (Wildman–Crippen LogP) is 1.87. The summed E-state index contributed by atoms with van der Waals surface area (Å²) in [5.41, 5.74) is 1.46. The molecule has 1 rings (SSSR count). The lowest BCUT2D eigenvalue weighted by Crippen LogP contribution is -2.37. The van der Waals surface area contributed by atoms with Crippen LogP contribution >= 0.6 is 0 Å². The normalized spacial score (nSPS) is 11.1. The second kappa shape index (κ2) is 7.26. The van der Waals surface area contributed by atoms with Gasteiger partial charge in [-0.05, 0) is 26.8 Å². The van der Waals surface area contributed by atoms with Gasteiger partial charge in [-0.25, -0.2) is 4.98 Å². The van der Waals surface area contributed by atoms with Crippen molar-refractivity contribution in [3.05, 3.63) is 12.3 Å². The minimum absolute atomic E-state index is 0.00106. The number of nitrogens with one attached hydrogen (secondary N) is 2. The molecule has 6 nitrogen and oxygen atoms in total. The molecule has 0 unspecified atom stereocenters. The third-order valence-electron chi connectivity index (χ3n) is 2.84. The van der Waals surface area contributed by atoms with Crippen LogP contribution in [0.3, 0.4) is 0 Å². The van der Waals surface area contributed by atoms with Crippen LogP contribution in [0.2, 0.25) is 0 Å². The van der Waals surface area contributed by atoms with E-state index in [9.17, 15) is 4.79 Å². The first-order valence-electron chi connectivity index (χ1n) is 7.00. The summed E-state index contributed by atoms with van der Waals surface area (Å²) < 4.78 is 5.23. The van der Waals surface area contributed by atoms with E-state index >= 15 is 0 Å². The third kappa shape index (κ3) is 5.59. The Labute approximate surface area is 126 Å². The van der Waals surface area contributed by atoms with Gasteiger partial charge in [0.15, 0.2) is 0 Å². The summed E-state index contributed by atoms with van der Waals surface area (Å²) in [7, 11) is 5.36. The lowest BCUT2D eigenvalue weighted by Gasteiger charge is -2.21. The Hall–Kier alpha value is -1.82. The zero-order chi connectivity index (χ0) is 16.0. The van der Waals surface area contributed by atoms with Crippen LogP contribution in [0.4, 0.5) is 11.4 Å². The molecule has 0 fully saturated rings. The van der Waals surface area contributed by atoms with Crippen molar-refractivity contribution in [2.24, 2.45) is 0 Å². The van der Waals surface area contributed by atoms with Crippen molar-refractivity contribution >= 4 is 17.3 Å². The number of hydrogen-bond acceptors (Lipinski definition) is 5. The van der Waals surface area contributed by atoms with E-state index < -0.39 is 0 Å². The smallest absolute Gasteiger partial charge is 0.239 e. The number of aromatic nitrogens is 1. The van der Waals surface area contributed by atoms with Crippen molar-refractivity contribution in [1.82, 2.24) is 10.3 Å². The summed E-state index contributed by atoms with van der Waals surface area (Å²) >= 11 is 0. The van der Waals surface area contributed by atoms with Crippen LogP contribution in [0.5, 0.6) is 5.88 Å². The molecule has 1 amide bonds. The second-order valence-corrected chi connectivity index (χ2v) is 6.08. The lowest BCUT2D eigenvalue weighted by atomic mass is 10.1. The molecule has 0 atom stereocenters. The molecule has 0 aliphatic carbocycles. The van der Waals surface area contributed by atoms with Crippen LogP contribution in [-0.2, 0) is 4.79 Å². The van der Waals surface area contributed by atoms with E-state index in [1.165, 1.54) is 0 Å². The highest BCUT2D eigenvalue weighted by molar-refractivity contribution is 5.96. The maximum absolute atomic E-state index is 12.1. The highest BCUT2D eigenvalue weighted by atomic mass is 16.5. The fourth-order valence-electron chi connectivity index (χ4n) is 1.83. The van der Waals surface area contributed by atoms with Crippen molar-refractivity contribution in [2.45, 2.75) is 32.7 Å². The van der Waals surface area contributed by atoms with Crippen molar-refractivity contribution < 1.29 is 9.53 Å². The van der Waals surface area contributed by atoms with Crippen molar-refractivity contribution in [2.75, 3.05) is 38.0 Å². The molecule has 0 aliphatic rings. The molecule has 1 heterocycles. The fraction of sp³-hybridized carbons (Fsp3) is 0.600. The Morgan fingerprint density at radius 2 is 2.05 bits per heavy atom. The lowest BCUT2D eigenvalue weighted by molar-refractivity contribution is -0.116. The molecule has 6 heteroatoms. The van der Waals surface area contributed by atoms with E-state index in [-0.39, 0.29) is 11.4 Å². The average molecular weight is 294 g/mol. The monoisotopic (exact) mass is 294 g/mol. The first-order chi connectivity index (χ1) is 9.74. The molecule has 0 aliphatic heterocycles. The predicted molar refractivity (Wildman–Crippen MR) is 86.1 cm³/mol. The summed E-state index contributed by atoms with van der Waals surface area (Å²) in [6.45, 7) is 6.83. The Morgan fingerprint density at radius 1 is 1.38 bits per heavy atom. The van der Waals surface area contributed by atoms with Gasteiger partial charge in [-0.2, -0.15) is 0 Å². The maximum atomic E-state index is 12.1. The van der Waals surface area contributed by atoms with E-state index in [2.05, 4.69) is 36.4 Å². The number of pyridine rings is 1. The van der Waals surface area contributed by atoms with E-state index in [1.54, 1.807) is 13.3 Å². The van der Waals surface area contributed by atoms with E-state index in [4.69, 9.17) is 4.74 Å². The fourth-order valence-corrected chi connectivity index (χ4v) is 1.83. The summed E-state index contributed by atoms with van der Waals surface area (Å²) in [5, 5.41) is 6.18. The molecule has 1 aromatic heterocycles. The molecule has 118 valence electrons. The van der Waals surface area contributed by atoms with Crippen LogP contribution in [0.1, 0.15) is 27.2 Å². The van der Waals surface area contributed by atoms with Crippen molar-refractivity contribution in [1.29, 1.82) is 0 Å². The Kier molecular flexibility index (Phi) is 5.96. The van der Waals surface area contributed by atoms with Gasteiger partial charge in [0.1, 0.15) is 5.69 Å². The van der Waals surface area contributed by atoms with Crippen LogP contribution < -0.4 is 20.3 Å². The Morgan fingerprint density at radius 3 is 2.57 bits per heavy atom. The van der Waals surface area contributed by atoms with E-state index in [0.29, 0.717) is 24.5 Å². The Bertz CT molecular complexity index is 481. The second-order valence-electron chi connectivity index (χ2n) is 6.08. The largest absolute Gasteiger partial charge is 0.479 e. The van der Waals surface area contributed by atoms with Gasteiger partial charge in [0.25, 0.3) is 0 Å². The van der Waals surface area contributed by atoms with Gasteiger partial charge < -0.3 is 20.3 Å². The number of ether oxygens (including phenoxy) is 1. The van der Waals surface area contributed by atoms with Crippen LogP contribution in [0, 0.1) is 0 Å². The zero-order valence-corrected chi connectivity index (χ0v) is 13.8. The van der Waals surface area contributed by atoms with Gasteiger partial charge >= 0.3 is 0 Å². The Balaban J connectivity index is 2.75. The summed E-state index contributed by atoms with van der Waals surface area (Å²) in [5.74, 6) is 0.347. The average Bonchev–Trinajstić information content (AvgIpc) is 2.37.